The fourth-order valence-electron chi connectivity index (χ4n) is 1.84. The van der Waals surface area contributed by atoms with Gasteiger partial charge in [0.05, 0.1) is 12.1 Å². The van der Waals surface area contributed by atoms with Gasteiger partial charge in [-0.2, -0.15) is 0 Å². The molecule has 96 valence electrons. The molecule has 1 aromatic heterocycles. The first-order valence-electron chi connectivity index (χ1n) is 6.05. The van der Waals surface area contributed by atoms with Crippen LogP contribution in [0, 0.1) is 6.92 Å². The summed E-state index contributed by atoms with van der Waals surface area (Å²) >= 11 is 0. The minimum absolute atomic E-state index is 0.0326. The Morgan fingerprint density at radius 1 is 1.41 bits per heavy atom. The van der Waals surface area contributed by atoms with E-state index < -0.39 is 5.54 Å². The van der Waals surface area contributed by atoms with Crippen LogP contribution in [0.25, 0.3) is 0 Å². The lowest BCUT2D eigenvalue weighted by Gasteiger charge is -2.30. The van der Waals surface area contributed by atoms with E-state index in [0.29, 0.717) is 5.69 Å². The van der Waals surface area contributed by atoms with E-state index >= 15 is 0 Å². The molecule has 0 saturated heterocycles. The van der Waals surface area contributed by atoms with Crippen LogP contribution >= 0.6 is 0 Å². The van der Waals surface area contributed by atoms with Gasteiger partial charge in [-0.05, 0) is 31.9 Å². The third kappa shape index (κ3) is 2.69. The van der Waals surface area contributed by atoms with Gasteiger partial charge in [0.15, 0.2) is 0 Å². The number of aryl methyl sites for hydroxylation is 1. The lowest BCUT2D eigenvalue weighted by atomic mass is 9.94. The summed E-state index contributed by atoms with van der Waals surface area (Å²) in [6.45, 7) is 5.86. The summed E-state index contributed by atoms with van der Waals surface area (Å²) in [5.41, 5.74) is 1.16. The minimum Gasteiger partial charge on any atom is -0.394 e. The highest BCUT2D eigenvalue weighted by Gasteiger charge is 2.28. The smallest absolute Gasteiger partial charge is 0.268 e. The van der Waals surface area contributed by atoms with Crippen molar-refractivity contribution in [1.82, 2.24) is 9.88 Å². The fraction of sp³-hybridized carbons (Fsp3) is 0.615. The molecule has 0 aliphatic rings. The number of amides is 1. The Hall–Kier alpha value is -1.29. The number of nitrogens with zero attached hydrogens (tertiary/aromatic N) is 1. The summed E-state index contributed by atoms with van der Waals surface area (Å²) in [5.74, 6) is -0.127. The van der Waals surface area contributed by atoms with Gasteiger partial charge in [-0.1, -0.05) is 13.8 Å². The number of aliphatic hydroxyl groups is 1. The van der Waals surface area contributed by atoms with Crippen molar-refractivity contribution in [2.45, 2.75) is 39.2 Å². The van der Waals surface area contributed by atoms with Gasteiger partial charge >= 0.3 is 0 Å². The van der Waals surface area contributed by atoms with E-state index in [9.17, 15) is 9.90 Å². The van der Waals surface area contributed by atoms with Gasteiger partial charge < -0.3 is 15.0 Å². The summed E-state index contributed by atoms with van der Waals surface area (Å²) in [7, 11) is 1.86. The van der Waals surface area contributed by atoms with Crippen LogP contribution < -0.4 is 5.32 Å². The average molecular weight is 238 g/mol. The number of aliphatic hydroxyl groups excluding tert-OH is 1. The Bertz CT molecular complexity index is 384. The second-order valence-electron chi connectivity index (χ2n) is 4.52. The zero-order valence-corrected chi connectivity index (χ0v) is 11.1. The highest BCUT2D eigenvalue weighted by Crippen LogP contribution is 2.16. The van der Waals surface area contributed by atoms with E-state index in [1.807, 2.05) is 38.5 Å². The molecule has 2 N–H and O–H groups in total. The molecule has 0 aliphatic carbocycles. The van der Waals surface area contributed by atoms with Crippen LogP contribution in [0.3, 0.4) is 0 Å². The second-order valence-corrected chi connectivity index (χ2v) is 4.52. The molecule has 1 amide bonds. The topological polar surface area (TPSA) is 54.3 Å². The third-order valence-electron chi connectivity index (χ3n) is 3.64. The van der Waals surface area contributed by atoms with Crippen LogP contribution in [-0.4, -0.2) is 27.7 Å². The number of carbonyl (C=O) groups excluding carboxylic acids is 1. The van der Waals surface area contributed by atoms with Crippen LogP contribution in [0.15, 0.2) is 12.1 Å². The van der Waals surface area contributed by atoms with Gasteiger partial charge in [0, 0.05) is 12.7 Å². The summed E-state index contributed by atoms with van der Waals surface area (Å²) in [6.07, 6.45) is 1.43. The summed E-state index contributed by atoms with van der Waals surface area (Å²) in [4.78, 5) is 12.1. The molecule has 1 rings (SSSR count). The van der Waals surface area contributed by atoms with Gasteiger partial charge in [0.25, 0.3) is 5.91 Å². The van der Waals surface area contributed by atoms with Gasteiger partial charge in [-0.3, -0.25) is 4.79 Å². The van der Waals surface area contributed by atoms with Crippen molar-refractivity contribution >= 4 is 5.91 Å². The van der Waals surface area contributed by atoms with Crippen LogP contribution in [0.4, 0.5) is 0 Å². The maximum absolute atomic E-state index is 12.1. The van der Waals surface area contributed by atoms with Crippen LogP contribution in [-0.2, 0) is 7.05 Å². The summed E-state index contributed by atoms with van der Waals surface area (Å²) in [6, 6.07) is 3.71. The molecule has 0 radical (unpaired) electrons. The molecule has 0 saturated carbocycles. The van der Waals surface area contributed by atoms with Gasteiger partial charge in [-0.25, -0.2) is 0 Å². The third-order valence-corrected chi connectivity index (χ3v) is 3.64. The SMILES string of the molecule is CCC(CC)(CO)NC(=O)c1ccc(C)n1C. The number of hydrogen-bond donors (Lipinski definition) is 2. The molecule has 0 unspecified atom stereocenters. The molecule has 0 aromatic carbocycles. The van der Waals surface area contributed by atoms with E-state index in [2.05, 4.69) is 5.32 Å². The molecule has 1 heterocycles. The van der Waals surface area contributed by atoms with Crippen molar-refractivity contribution in [3.05, 3.63) is 23.5 Å². The molecule has 0 aliphatic heterocycles. The lowest BCUT2D eigenvalue weighted by Crippen LogP contribution is -2.50. The summed E-state index contributed by atoms with van der Waals surface area (Å²) < 4.78 is 1.85. The van der Waals surface area contributed by atoms with Crippen LogP contribution in [0.2, 0.25) is 0 Å². The minimum atomic E-state index is -0.505. The first kappa shape index (κ1) is 13.8. The van der Waals surface area contributed by atoms with Crippen molar-refractivity contribution < 1.29 is 9.90 Å². The maximum Gasteiger partial charge on any atom is 0.268 e. The van der Waals surface area contributed by atoms with Crippen molar-refractivity contribution in [1.29, 1.82) is 0 Å². The van der Waals surface area contributed by atoms with E-state index in [1.165, 1.54) is 0 Å². The normalized spacial score (nSPS) is 11.6. The molecule has 0 spiro atoms. The van der Waals surface area contributed by atoms with Crippen LogP contribution in [0.5, 0.6) is 0 Å². The zero-order chi connectivity index (χ0) is 13.1. The van der Waals surface area contributed by atoms with Gasteiger partial charge in [0.1, 0.15) is 5.69 Å². The largest absolute Gasteiger partial charge is 0.394 e. The number of rotatable bonds is 5. The highest BCUT2D eigenvalue weighted by molar-refractivity contribution is 5.93. The van der Waals surface area contributed by atoms with Crippen molar-refractivity contribution in [3.8, 4) is 0 Å². The molecule has 17 heavy (non-hydrogen) atoms. The van der Waals surface area contributed by atoms with Gasteiger partial charge in [0.2, 0.25) is 0 Å². The molecule has 0 atom stereocenters. The number of aromatic nitrogens is 1. The second kappa shape index (κ2) is 5.36. The monoisotopic (exact) mass is 238 g/mol. The first-order valence-corrected chi connectivity index (χ1v) is 6.05. The highest BCUT2D eigenvalue weighted by atomic mass is 16.3. The average Bonchev–Trinajstić information content (AvgIpc) is 2.67. The number of carbonyl (C=O) groups is 1. The molecule has 1 aromatic rings. The lowest BCUT2D eigenvalue weighted by molar-refractivity contribution is 0.0809. The quantitative estimate of drug-likeness (QED) is 0.819. The molecule has 4 nitrogen and oxygen atoms in total. The number of hydrogen-bond acceptors (Lipinski definition) is 2. The molecular weight excluding hydrogens is 216 g/mol. The van der Waals surface area contributed by atoms with Crippen molar-refractivity contribution in [2.24, 2.45) is 7.05 Å². The predicted molar refractivity (Wildman–Crippen MR) is 68.0 cm³/mol. The predicted octanol–water partition coefficient (Wildman–Crippen LogP) is 1.61. The zero-order valence-electron chi connectivity index (χ0n) is 11.1. The van der Waals surface area contributed by atoms with Crippen molar-refractivity contribution in [2.75, 3.05) is 6.61 Å². The number of nitrogens with one attached hydrogen (secondary N) is 1. The Labute approximate surface area is 103 Å². The van der Waals surface area contributed by atoms with E-state index in [1.54, 1.807) is 6.07 Å². The summed E-state index contributed by atoms with van der Waals surface area (Å²) in [5, 5.41) is 12.4. The Morgan fingerprint density at radius 2 is 2.00 bits per heavy atom. The van der Waals surface area contributed by atoms with Crippen LogP contribution in [0.1, 0.15) is 42.9 Å². The standard InChI is InChI=1S/C13H22N2O2/c1-5-13(6-2,9-16)14-12(17)11-8-7-10(3)15(11)4/h7-8,16H,5-6,9H2,1-4H3,(H,14,17). The van der Waals surface area contributed by atoms with E-state index in [0.717, 1.165) is 18.5 Å². The molecule has 0 bridgehead atoms. The van der Waals surface area contributed by atoms with E-state index in [-0.39, 0.29) is 12.5 Å². The Morgan fingerprint density at radius 3 is 2.35 bits per heavy atom. The molecule has 4 heteroatoms. The maximum atomic E-state index is 12.1. The van der Waals surface area contributed by atoms with Crippen molar-refractivity contribution in [3.63, 3.8) is 0 Å². The Kier molecular flexibility index (Phi) is 4.34. The fourth-order valence-corrected chi connectivity index (χ4v) is 1.84. The van der Waals surface area contributed by atoms with Gasteiger partial charge in [-0.15, -0.1) is 0 Å². The molecule has 0 fully saturated rings. The molecular formula is C13H22N2O2. The Balaban J connectivity index is 2.88. The van der Waals surface area contributed by atoms with E-state index in [4.69, 9.17) is 0 Å². The first-order chi connectivity index (χ1) is 7.99.